The third-order valence-corrected chi connectivity index (χ3v) is 5.83. The predicted molar refractivity (Wildman–Crippen MR) is 119 cm³/mol. The van der Waals surface area contributed by atoms with Crippen molar-refractivity contribution < 1.29 is 18.3 Å². The quantitative estimate of drug-likeness (QED) is 0.356. The first-order chi connectivity index (χ1) is 15.3. The van der Waals surface area contributed by atoms with Crippen molar-refractivity contribution in [1.29, 1.82) is 0 Å². The van der Waals surface area contributed by atoms with E-state index in [1.807, 2.05) is 12.1 Å². The van der Waals surface area contributed by atoms with Gasteiger partial charge in [-0.05, 0) is 77.6 Å². The van der Waals surface area contributed by atoms with E-state index in [0.29, 0.717) is 40.2 Å². The van der Waals surface area contributed by atoms with Crippen molar-refractivity contribution in [1.82, 2.24) is 4.98 Å². The molecule has 32 heavy (non-hydrogen) atoms. The second-order valence-corrected chi connectivity index (χ2v) is 7.89. The molecule has 3 N–H and O–H groups in total. The number of para-hydroxylation sites is 1. The predicted octanol–water partition coefficient (Wildman–Crippen LogP) is 6.49. The summed E-state index contributed by atoms with van der Waals surface area (Å²) in [5.74, 6) is 0.0586. The van der Waals surface area contributed by atoms with Crippen molar-refractivity contribution in [2.24, 2.45) is 0 Å². The summed E-state index contributed by atoms with van der Waals surface area (Å²) in [4.78, 5) is 4.85. The van der Waals surface area contributed by atoms with Gasteiger partial charge in [-0.2, -0.15) is 13.2 Å². The van der Waals surface area contributed by atoms with E-state index in [1.165, 1.54) is 12.1 Å². The fraction of sp³-hybridized carbons (Fsp3) is 0.115. The molecule has 5 rings (SSSR count). The molecule has 1 aliphatic carbocycles. The van der Waals surface area contributed by atoms with Crippen LogP contribution in [0.4, 0.5) is 18.9 Å². The number of phenolic OH excluding ortho intramolecular Hbond substituents is 1. The van der Waals surface area contributed by atoms with Crippen LogP contribution in [0.5, 0.6) is 5.75 Å². The number of nitrogen functional groups attached to an aromatic ring is 1. The monoisotopic (exact) mass is 432 g/mol. The van der Waals surface area contributed by atoms with Gasteiger partial charge in [0.1, 0.15) is 5.75 Å². The van der Waals surface area contributed by atoms with Crippen LogP contribution in [0.3, 0.4) is 0 Å². The van der Waals surface area contributed by atoms with Gasteiger partial charge in [-0.25, -0.2) is 4.98 Å². The van der Waals surface area contributed by atoms with Gasteiger partial charge >= 0.3 is 6.18 Å². The first-order valence-corrected chi connectivity index (χ1v) is 10.2. The van der Waals surface area contributed by atoms with E-state index >= 15 is 0 Å². The summed E-state index contributed by atoms with van der Waals surface area (Å²) < 4.78 is 40.2. The SMILES string of the molecule is Nc1ccc2c(c1)CCc1c(-c3cccc(C(F)(F)F)c3)cc(-c3ccccc3O)nc1-2. The molecule has 0 amide bonds. The summed E-state index contributed by atoms with van der Waals surface area (Å²) in [5, 5.41) is 10.4. The van der Waals surface area contributed by atoms with Crippen LogP contribution in [0.1, 0.15) is 16.7 Å². The molecule has 0 saturated carbocycles. The van der Waals surface area contributed by atoms with Crippen molar-refractivity contribution in [2.75, 3.05) is 5.73 Å². The number of aromatic nitrogens is 1. The van der Waals surface area contributed by atoms with E-state index in [2.05, 4.69) is 0 Å². The molecule has 0 radical (unpaired) electrons. The van der Waals surface area contributed by atoms with Crippen LogP contribution < -0.4 is 5.73 Å². The van der Waals surface area contributed by atoms with Crippen LogP contribution in [0, 0.1) is 0 Å². The third kappa shape index (κ3) is 3.47. The maximum Gasteiger partial charge on any atom is 0.416 e. The Labute approximate surface area is 183 Å². The van der Waals surface area contributed by atoms with E-state index in [9.17, 15) is 18.3 Å². The van der Waals surface area contributed by atoms with Crippen LogP contribution in [-0.4, -0.2) is 10.1 Å². The second-order valence-electron chi connectivity index (χ2n) is 7.89. The minimum Gasteiger partial charge on any atom is -0.507 e. The highest BCUT2D eigenvalue weighted by Crippen LogP contribution is 2.42. The molecule has 0 bridgehead atoms. The lowest BCUT2D eigenvalue weighted by Gasteiger charge is -2.24. The maximum atomic E-state index is 13.4. The standard InChI is InChI=1S/C26H19F3N2O/c27-26(28,29)17-5-3-4-15(12-17)22-14-23(21-6-1-2-7-24(21)32)31-25-19-11-9-18(30)13-16(19)8-10-20(22)25/h1-7,9,11-14,32H,8,10,30H2. The molecular weight excluding hydrogens is 413 g/mol. The molecular formula is C26H19F3N2O. The largest absolute Gasteiger partial charge is 0.507 e. The first-order valence-electron chi connectivity index (χ1n) is 10.2. The number of aromatic hydroxyl groups is 1. The normalized spacial score (nSPS) is 12.8. The highest BCUT2D eigenvalue weighted by atomic mass is 19.4. The van der Waals surface area contributed by atoms with Gasteiger partial charge in [-0.1, -0.05) is 30.3 Å². The van der Waals surface area contributed by atoms with E-state index in [0.717, 1.165) is 29.2 Å². The number of phenols is 1. The fourth-order valence-corrected chi connectivity index (χ4v) is 4.31. The number of fused-ring (bicyclic) bond motifs is 3. The van der Waals surface area contributed by atoms with E-state index in [1.54, 1.807) is 42.5 Å². The molecule has 1 aromatic heterocycles. The Morgan fingerprint density at radius 3 is 2.41 bits per heavy atom. The second kappa shape index (κ2) is 7.41. The van der Waals surface area contributed by atoms with Gasteiger partial charge in [0.15, 0.2) is 0 Å². The average Bonchev–Trinajstić information content (AvgIpc) is 2.78. The van der Waals surface area contributed by atoms with Gasteiger partial charge < -0.3 is 10.8 Å². The number of hydrogen-bond acceptors (Lipinski definition) is 3. The molecule has 0 saturated heterocycles. The number of benzene rings is 3. The Bertz CT molecular complexity index is 1350. The smallest absolute Gasteiger partial charge is 0.416 e. The molecule has 0 aliphatic heterocycles. The van der Waals surface area contributed by atoms with Gasteiger partial charge in [0.25, 0.3) is 0 Å². The summed E-state index contributed by atoms with van der Waals surface area (Å²) >= 11 is 0. The van der Waals surface area contributed by atoms with Crippen molar-refractivity contribution in [3.05, 3.63) is 89.5 Å². The van der Waals surface area contributed by atoms with E-state index in [4.69, 9.17) is 10.7 Å². The number of hydrogen-bond donors (Lipinski definition) is 2. The molecule has 0 fully saturated rings. The van der Waals surface area contributed by atoms with Crippen LogP contribution in [0.2, 0.25) is 0 Å². The number of pyridine rings is 1. The number of nitrogens with zero attached hydrogens (tertiary/aromatic N) is 1. The van der Waals surface area contributed by atoms with Gasteiger partial charge in [0.05, 0.1) is 17.0 Å². The van der Waals surface area contributed by atoms with Gasteiger partial charge in [-0.15, -0.1) is 0 Å². The Morgan fingerprint density at radius 1 is 0.812 bits per heavy atom. The molecule has 4 aromatic rings. The Hall–Kier alpha value is -3.80. The zero-order valence-electron chi connectivity index (χ0n) is 16.9. The van der Waals surface area contributed by atoms with Gasteiger partial charge in [-0.3, -0.25) is 0 Å². The van der Waals surface area contributed by atoms with Crippen LogP contribution in [0.25, 0.3) is 33.6 Å². The molecule has 0 spiro atoms. The molecule has 1 heterocycles. The van der Waals surface area contributed by atoms with E-state index in [-0.39, 0.29) is 5.75 Å². The Morgan fingerprint density at radius 2 is 1.62 bits per heavy atom. The van der Waals surface area contributed by atoms with Crippen LogP contribution in [0.15, 0.2) is 72.8 Å². The van der Waals surface area contributed by atoms with Gasteiger partial charge in [0.2, 0.25) is 0 Å². The summed E-state index contributed by atoms with van der Waals surface area (Å²) in [6.07, 6.45) is -3.09. The van der Waals surface area contributed by atoms with Crippen LogP contribution >= 0.6 is 0 Å². The van der Waals surface area contributed by atoms with Crippen molar-refractivity contribution in [3.63, 3.8) is 0 Å². The summed E-state index contributed by atoms with van der Waals surface area (Å²) in [6, 6.07) is 19.5. The average molecular weight is 432 g/mol. The molecule has 3 nitrogen and oxygen atoms in total. The van der Waals surface area contributed by atoms with Crippen LogP contribution in [-0.2, 0) is 19.0 Å². The number of nitrogens with two attached hydrogens (primary N) is 1. The molecule has 1 aliphatic rings. The first kappa shape index (κ1) is 20.1. The Balaban J connectivity index is 1.80. The lowest BCUT2D eigenvalue weighted by Crippen LogP contribution is -2.10. The summed E-state index contributed by atoms with van der Waals surface area (Å²) in [5.41, 5.74) is 11.6. The number of rotatable bonds is 2. The number of aryl methyl sites for hydroxylation is 1. The fourth-order valence-electron chi connectivity index (χ4n) is 4.31. The number of halogens is 3. The molecule has 0 unspecified atom stereocenters. The highest BCUT2D eigenvalue weighted by Gasteiger charge is 2.31. The lowest BCUT2D eigenvalue weighted by atomic mass is 9.83. The lowest BCUT2D eigenvalue weighted by molar-refractivity contribution is -0.137. The molecule has 160 valence electrons. The summed E-state index contributed by atoms with van der Waals surface area (Å²) in [7, 11) is 0. The topological polar surface area (TPSA) is 59.1 Å². The highest BCUT2D eigenvalue weighted by molar-refractivity contribution is 5.84. The molecule has 3 aromatic carbocycles. The molecule has 6 heteroatoms. The zero-order valence-corrected chi connectivity index (χ0v) is 16.9. The number of alkyl halides is 3. The van der Waals surface area contributed by atoms with Crippen molar-refractivity contribution in [3.8, 4) is 39.4 Å². The minimum absolute atomic E-state index is 0.0586. The van der Waals surface area contributed by atoms with Gasteiger partial charge in [0, 0.05) is 16.8 Å². The minimum atomic E-state index is -4.44. The van der Waals surface area contributed by atoms with Crippen molar-refractivity contribution in [2.45, 2.75) is 19.0 Å². The zero-order chi connectivity index (χ0) is 22.5. The summed E-state index contributed by atoms with van der Waals surface area (Å²) in [6.45, 7) is 0. The van der Waals surface area contributed by atoms with E-state index < -0.39 is 11.7 Å². The maximum absolute atomic E-state index is 13.4. The Kier molecular flexibility index (Phi) is 4.66. The third-order valence-electron chi connectivity index (χ3n) is 5.83. The molecule has 0 atom stereocenters. The van der Waals surface area contributed by atoms with Crippen molar-refractivity contribution >= 4 is 5.69 Å². The number of anilines is 1.